The summed E-state index contributed by atoms with van der Waals surface area (Å²) in [6.45, 7) is -0.0704. The normalized spacial score (nSPS) is 10.9. The first-order valence-electron chi connectivity index (χ1n) is 5.49. The van der Waals surface area contributed by atoms with Gasteiger partial charge < -0.3 is 10.6 Å². The number of benzene rings is 1. The van der Waals surface area contributed by atoms with Crippen LogP contribution in [0.5, 0.6) is 0 Å². The molecule has 0 spiro atoms. The van der Waals surface area contributed by atoms with Gasteiger partial charge in [-0.25, -0.2) is 13.6 Å². The van der Waals surface area contributed by atoms with Crippen molar-refractivity contribution in [2.24, 2.45) is 5.14 Å². The second-order valence-corrected chi connectivity index (χ2v) is 5.60. The van der Waals surface area contributed by atoms with Gasteiger partial charge >= 0.3 is 0 Å². The SMILES string of the molecule is CNC(=O)c1ccc(NCCS(N)(=O)=O)c([N+](=O)[O-])c1. The molecule has 0 atom stereocenters. The monoisotopic (exact) mass is 302 g/mol. The molecule has 1 rings (SSSR count). The number of sulfonamides is 1. The zero-order chi connectivity index (χ0) is 15.3. The minimum absolute atomic E-state index is 0.0704. The molecular weight excluding hydrogens is 288 g/mol. The number of amides is 1. The van der Waals surface area contributed by atoms with Crippen molar-refractivity contribution >= 4 is 27.3 Å². The second kappa shape index (κ2) is 6.30. The van der Waals surface area contributed by atoms with Crippen molar-refractivity contribution in [1.29, 1.82) is 0 Å². The Kier molecular flexibility index (Phi) is 5.00. The molecule has 0 saturated carbocycles. The number of carbonyl (C=O) groups is 1. The Morgan fingerprint density at radius 1 is 1.45 bits per heavy atom. The maximum atomic E-state index is 11.4. The van der Waals surface area contributed by atoms with Crippen LogP contribution in [0.1, 0.15) is 10.4 Å². The first-order chi connectivity index (χ1) is 9.24. The van der Waals surface area contributed by atoms with E-state index in [-0.39, 0.29) is 29.2 Å². The Bertz CT molecular complexity index is 629. The second-order valence-electron chi connectivity index (χ2n) is 3.86. The molecule has 4 N–H and O–H groups in total. The van der Waals surface area contributed by atoms with Gasteiger partial charge in [0.15, 0.2) is 0 Å². The minimum Gasteiger partial charge on any atom is -0.378 e. The van der Waals surface area contributed by atoms with Crippen molar-refractivity contribution in [1.82, 2.24) is 5.32 Å². The largest absolute Gasteiger partial charge is 0.378 e. The van der Waals surface area contributed by atoms with E-state index in [2.05, 4.69) is 10.6 Å². The number of carbonyl (C=O) groups excluding carboxylic acids is 1. The van der Waals surface area contributed by atoms with Gasteiger partial charge in [-0.2, -0.15) is 0 Å². The molecular formula is C10H14N4O5S. The first kappa shape index (κ1) is 15.9. The van der Waals surface area contributed by atoms with E-state index in [0.29, 0.717) is 0 Å². The summed E-state index contributed by atoms with van der Waals surface area (Å²) in [5.74, 6) is -0.814. The zero-order valence-electron chi connectivity index (χ0n) is 10.6. The van der Waals surface area contributed by atoms with Crippen LogP contribution >= 0.6 is 0 Å². The highest BCUT2D eigenvalue weighted by atomic mass is 32.2. The van der Waals surface area contributed by atoms with Crippen molar-refractivity contribution in [3.63, 3.8) is 0 Å². The van der Waals surface area contributed by atoms with Gasteiger partial charge in [-0.3, -0.25) is 14.9 Å². The van der Waals surface area contributed by atoms with Crippen LogP contribution in [0.2, 0.25) is 0 Å². The van der Waals surface area contributed by atoms with Crippen LogP contribution in [0.15, 0.2) is 18.2 Å². The molecule has 1 aromatic rings. The van der Waals surface area contributed by atoms with Gasteiger partial charge in [0.2, 0.25) is 10.0 Å². The van der Waals surface area contributed by atoms with Gasteiger partial charge in [-0.1, -0.05) is 0 Å². The smallest absolute Gasteiger partial charge is 0.293 e. The summed E-state index contributed by atoms with van der Waals surface area (Å²) in [6, 6.07) is 3.84. The fourth-order valence-electron chi connectivity index (χ4n) is 1.45. The Morgan fingerprint density at radius 2 is 2.10 bits per heavy atom. The predicted octanol–water partition coefficient (Wildman–Crippen LogP) is -0.345. The van der Waals surface area contributed by atoms with Crippen LogP contribution < -0.4 is 15.8 Å². The third-order valence-corrected chi connectivity index (χ3v) is 3.16. The third kappa shape index (κ3) is 4.48. The van der Waals surface area contributed by atoms with Crippen molar-refractivity contribution in [3.05, 3.63) is 33.9 Å². The Hall–Kier alpha value is -2.20. The standard InChI is InChI=1S/C10H14N4O5S/c1-12-10(15)7-2-3-8(9(6-7)14(16)17)13-4-5-20(11,18)19/h2-3,6,13H,4-5H2,1H3,(H,12,15)(H2,11,18,19). The molecule has 10 heteroatoms. The van der Waals surface area contributed by atoms with Crippen LogP contribution in [0.3, 0.4) is 0 Å². The Morgan fingerprint density at radius 3 is 2.60 bits per heavy atom. The van der Waals surface area contributed by atoms with Crippen molar-refractivity contribution in [3.8, 4) is 0 Å². The summed E-state index contributed by atoms with van der Waals surface area (Å²) in [7, 11) is -2.24. The summed E-state index contributed by atoms with van der Waals surface area (Å²) in [5.41, 5.74) is -0.0666. The van der Waals surface area contributed by atoms with E-state index in [0.717, 1.165) is 6.07 Å². The van der Waals surface area contributed by atoms with Gasteiger partial charge in [-0.15, -0.1) is 0 Å². The van der Waals surface area contributed by atoms with E-state index in [1.807, 2.05) is 0 Å². The summed E-state index contributed by atoms with van der Waals surface area (Å²) >= 11 is 0. The molecule has 1 aromatic carbocycles. The number of nitrogens with two attached hydrogens (primary N) is 1. The summed E-state index contributed by atoms with van der Waals surface area (Å²) < 4.78 is 21.5. The molecule has 9 nitrogen and oxygen atoms in total. The lowest BCUT2D eigenvalue weighted by atomic mass is 10.1. The summed E-state index contributed by atoms with van der Waals surface area (Å²) in [5, 5.41) is 20.7. The fourth-order valence-corrected chi connectivity index (χ4v) is 1.83. The Labute approximate surface area is 115 Å². The zero-order valence-corrected chi connectivity index (χ0v) is 11.4. The number of nitrogens with one attached hydrogen (secondary N) is 2. The van der Waals surface area contributed by atoms with Crippen molar-refractivity contribution in [2.45, 2.75) is 0 Å². The topological polar surface area (TPSA) is 144 Å². The van der Waals surface area contributed by atoms with Gasteiger partial charge in [0, 0.05) is 25.2 Å². The average Bonchev–Trinajstić information content (AvgIpc) is 2.36. The molecule has 0 aromatic heterocycles. The number of primary sulfonamides is 1. The summed E-state index contributed by atoms with van der Waals surface area (Å²) in [6.07, 6.45) is 0. The molecule has 0 unspecified atom stereocenters. The van der Waals surface area contributed by atoms with E-state index >= 15 is 0 Å². The maximum Gasteiger partial charge on any atom is 0.293 e. The highest BCUT2D eigenvalue weighted by Gasteiger charge is 2.17. The van der Waals surface area contributed by atoms with Crippen molar-refractivity contribution < 1.29 is 18.1 Å². The lowest BCUT2D eigenvalue weighted by Crippen LogP contribution is -2.22. The van der Waals surface area contributed by atoms with Crippen molar-refractivity contribution in [2.75, 3.05) is 24.7 Å². The van der Waals surface area contributed by atoms with E-state index < -0.39 is 20.9 Å². The molecule has 20 heavy (non-hydrogen) atoms. The lowest BCUT2D eigenvalue weighted by Gasteiger charge is -2.07. The van der Waals surface area contributed by atoms with Crippen LogP contribution in [-0.2, 0) is 10.0 Å². The van der Waals surface area contributed by atoms with E-state index in [4.69, 9.17) is 5.14 Å². The summed E-state index contributed by atoms with van der Waals surface area (Å²) in [4.78, 5) is 21.7. The highest BCUT2D eigenvalue weighted by Crippen LogP contribution is 2.25. The van der Waals surface area contributed by atoms with E-state index in [1.165, 1.54) is 19.2 Å². The number of nitrogens with zero attached hydrogens (tertiary/aromatic N) is 1. The number of anilines is 1. The molecule has 1 amide bonds. The van der Waals surface area contributed by atoms with Crippen LogP contribution in [0.25, 0.3) is 0 Å². The predicted molar refractivity (Wildman–Crippen MR) is 73.0 cm³/mol. The quantitative estimate of drug-likeness (QED) is 0.484. The highest BCUT2D eigenvalue weighted by molar-refractivity contribution is 7.89. The maximum absolute atomic E-state index is 11.4. The molecule has 0 saturated heterocycles. The number of nitro benzene ring substituents is 1. The third-order valence-electron chi connectivity index (χ3n) is 2.39. The molecule has 110 valence electrons. The molecule has 0 aliphatic rings. The molecule has 0 aliphatic heterocycles. The number of nitro groups is 1. The molecule has 0 radical (unpaired) electrons. The molecule has 0 heterocycles. The molecule has 0 aliphatic carbocycles. The fraction of sp³-hybridized carbons (Fsp3) is 0.300. The van der Waals surface area contributed by atoms with E-state index in [1.54, 1.807) is 0 Å². The van der Waals surface area contributed by atoms with Crippen LogP contribution in [-0.4, -0.2) is 38.6 Å². The Balaban J connectivity index is 2.96. The van der Waals surface area contributed by atoms with Gasteiger partial charge in [-0.05, 0) is 12.1 Å². The number of hydrogen-bond acceptors (Lipinski definition) is 6. The first-order valence-corrected chi connectivity index (χ1v) is 7.21. The number of hydrogen-bond donors (Lipinski definition) is 3. The lowest BCUT2D eigenvalue weighted by molar-refractivity contribution is -0.384. The van der Waals surface area contributed by atoms with Gasteiger partial charge in [0.1, 0.15) is 5.69 Å². The average molecular weight is 302 g/mol. The minimum atomic E-state index is -3.65. The number of rotatable bonds is 6. The molecule has 0 fully saturated rings. The van der Waals surface area contributed by atoms with Gasteiger partial charge in [0.25, 0.3) is 11.6 Å². The molecule has 0 bridgehead atoms. The van der Waals surface area contributed by atoms with Crippen LogP contribution in [0.4, 0.5) is 11.4 Å². The van der Waals surface area contributed by atoms with Crippen LogP contribution in [0, 0.1) is 10.1 Å². The van der Waals surface area contributed by atoms with Gasteiger partial charge in [0.05, 0.1) is 10.7 Å². The van der Waals surface area contributed by atoms with E-state index in [9.17, 15) is 23.3 Å².